The monoisotopic (exact) mass is 444 g/mol. The standard InChI is InChI=1S/C20H20N4O4S2/c1-13-3-4-14(2)22(13)23-19(25)18(30-20(23)29)12-15-5-6-16(17(11-15)24(26)27)21-7-9-28-10-8-21/h3-6,11-12H,7-10H2,1-2H3/b18-12-. The second kappa shape index (κ2) is 8.21. The number of rotatable bonds is 4. The molecule has 0 spiro atoms. The molecule has 8 nitrogen and oxygen atoms in total. The van der Waals surface area contributed by atoms with Crippen LogP contribution in [0.15, 0.2) is 35.2 Å². The summed E-state index contributed by atoms with van der Waals surface area (Å²) < 4.78 is 7.54. The van der Waals surface area contributed by atoms with E-state index in [9.17, 15) is 14.9 Å². The van der Waals surface area contributed by atoms with Gasteiger partial charge >= 0.3 is 0 Å². The van der Waals surface area contributed by atoms with E-state index in [4.69, 9.17) is 17.0 Å². The van der Waals surface area contributed by atoms with Crippen molar-refractivity contribution in [3.63, 3.8) is 0 Å². The lowest BCUT2D eigenvalue weighted by Gasteiger charge is -2.28. The maximum Gasteiger partial charge on any atom is 0.293 e. The number of carbonyl (C=O) groups is 1. The summed E-state index contributed by atoms with van der Waals surface area (Å²) in [5.74, 6) is -0.243. The van der Waals surface area contributed by atoms with Crippen LogP contribution >= 0.6 is 24.0 Å². The SMILES string of the molecule is Cc1ccc(C)n1N1C(=O)/C(=C/c2ccc(N3CCOCC3)c([N+](=O)[O-])c2)SC1=S. The van der Waals surface area contributed by atoms with Crippen LogP contribution in [-0.2, 0) is 9.53 Å². The number of hydrogen-bond acceptors (Lipinski definition) is 7. The van der Waals surface area contributed by atoms with E-state index in [2.05, 4.69) is 0 Å². The molecule has 2 aliphatic rings. The quantitative estimate of drug-likeness (QED) is 0.309. The fourth-order valence-electron chi connectivity index (χ4n) is 3.61. The molecule has 2 saturated heterocycles. The molecule has 4 rings (SSSR count). The molecule has 10 heteroatoms. The fourth-order valence-corrected chi connectivity index (χ4v) is 4.85. The van der Waals surface area contributed by atoms with Gasteiger partial charge in [-0.1, -0.05) is 17.8 Å². The van der Waals surface area contributed by atoms with E-state index < -0.39 is 0 Å². The summed E-state index contributed by atoms with van der Waals surface area (Å²) in [7, 11) is 0. The number of nitro benzene ring substituents is 1. The number of nitro groups is 1. The predicted octanol–water partition coefficient (Wildman–Crippen LogP) is 3.39. The van der Waals surface area contributed by atoms with Crippen molar-refractivity contribution in [2.24, 2.45) is 0 Å². The fraction of sp³-hybridized carbons (Fsp3) is 0.300. The highest BCUT2D eigenvalue weighted by atomic mass is 32.2. The summed E-state index contributed by atoms with van der Waals surface area (Å²) in [6.45, 7) is 6.11. The smallest absolute Gasteiger partial charge is 0.293 e. The van der Waals surface area contributed by atoms with Crippen LogP contribution in [0.4, 0.5) is 11.4 Å². The lowest BCUT2D eigenvalue weighted by atomic mass is 10.1. The van der Waals surface area contributed by atoms with Gasteiger partial charge in [-0.3, -0.25) is 19.6 Å². The first-order valence-electron chi connectivity index (χ1n) is 9.41. The highest BCUT2D eigenvalue weighted by molar-refractivity contribution is 8.27. The van der Waals surface area contributed by atoms with E-state index in [-0.39, 0.29) is 16.5 Å². The van der Waals surface area contributed by atoms with Crippen LogP contribution in [0.2, 0.25) is 0 Å². The number of nitrogens with zero attached hydrogens (tertiary/aromatic N) is 4. The van der Waals surface area contributed by atoms with Gasteiger partial charge < -0.3 is 9.64 Å². The van der Waals surface area contributed by atoms with Crippen LogP contribution in [0.5, 0.6) is 0 Å². The molecule has 2 aromatic rings. The summed E-state index contributed by atoms with van der Waals surface area (Å²) in [6.07, 6.45) is 1.66. The Morgan fingerprint density at radius 1 is 1.17 bits per heavy atom. The zero-order valence-electron chi connectivity index (χ0n) is 16.5. The van der Waals surface area contributed by atoms with Crippen molar-refractivity contribution in [3.05, 3.63) is 62.3 Å². The van der Waals surface area contributed by atoms with Gasteiger partial charge in [0.1, 0.15) is 5.69 Å². The maximum atomic E-state index is 13.0. The lowest BCUT2D eigenvalue weighted by Crippen LogP contribution is -2.39. The summed E-state index contributed by atoms with van der Waals surface area (Å²) in [5.41, 5.74) is 2.95. The van der Waals surface area contributed by atoms with Crippen LogP contribution in [0, 0.1) is 24.0 Å². The number of benzene rings is 1. The molecule has 0 bridgehead atoms. The first-order chi connectivity index (χ1) is 14.4. The molecule has 1 amide bonds. The van der Waals surface area contributed by atoms with E-state index in [0.717, 1.165) is 11.4 Å². The molecule has 0 atom stereocenters. The van der Waals surface area contributed by atoms with E-state index in [0.29, 0.717) is 46.8 Å². The minimum atomic E-state index is -0.389. The first-order valence-corrected chi connectivity index (χ1v) is 10.6. The van der Waals surface area contributed by atoms with Gasteiger partial charge in [-0.25, -0.2) is 0 Å². The summed E-state index contributed by atoms with van der Waals surface area (Å²) in [4.78, 5) is 26.7. The summed E-state index contributed by atoms with van der Waals surface area (Å²) >= 11 is 6.62. The third-order valence-corrected chi connectivity index (χ3v) is 6.34. The molecule has 2 aliphatic heterocycles. The highest BCUT2D eigenvalue weighted by Gasteiger charge is 2.35. The van der Waals surface area contributed by atoms with Gasteiger partial charge in [-0.05, 0) is 55.9 Å². The normalized spacial score (nSPS) is 18.5. The molecule has 1 aromatic carbocycles. The average Bonchev–Trinajstić information content (AvgIpc) is 3.19. The third kappa shape index (κ3) is 3.73. The third-order valence-electron chi connectivity index (χ3n) is 5.05. The van der Waals surface area contributed by atoms with Crippen LogP contribution in [-0.4, -0.2) is 46.1 Å². The topological polar surface area (TPSA) is 80.9 Å². The number of hydrogen-bond donors (Lipinski definition) is 0. The van der Waals surface area contributed by atoms with Gasteiger partial charge in [0, 0.05) is 30.5 Å². The molecule has 0 aliphatic carbocycles. The Kier molecular flexibility index (Phi) is 5.63. The molecule has 156 valence electrons. The van der Waals surface area contributed by atoms with Crippen LogP contribution in [0.1, 0.15) is 17.0 Å². The van der Waals surface area contributed by atoms with Crippen molar-refractivity contribution in [1.29, 1.82) is 0 Å². The number of carbonyl (C=O) groups excluding carboxylic acids is 1. The number of thioether (sulfide) groups is 1. The zero-order chi connectivity index (χ0) is 21.4. The minimum Gasteiger partial charge on any atom is -0.378 e. The molecule has 30 heavy (non-hydrogen) atoms. The summed E-state index contributed by atoms with van der Waals surface area (Å²) in [6, 6.07) is 8.87. The van der Waals surface area contributed by atoms with E-state index in [1.165, 1.54) is 22.8 Å². The van der Waals surface area contributed by atoms with Crippen LogP contribution in [0.3, 0.4) is 0 Å². The van der Waals surface area contributed by atoms with Gasteiger partial charge in [0.2, 0.25) is 0 Å². The number of morpholine rings is 1. The Morgan fingerprint density at radius 2 is 1.83 bits per heavy atom. The van der Waals surface area contributed by atoms with Crippen LogP contribution < -0.4 is 9.91 Å². The Morgan fingerprint density at radius 3 is 2.47 bits per heavy atom. The number of ether oxygens (including phenoxy) is 1. The number of aromatic nitrogens is 1. The molecule has 0 saturated carbocycles. The van der Waals surface area contributed by atoms with Crippen molar-refractivity contribution >= 4 is 51.7 Å². The molecular weight excluding hydrogens is 424 g/mol. The van der Waals surface area contributed by atoms with E-state index >= 15 is 0 Å². The van der Waals surface area contributed by atoms with Crippen molar-refractivity contribution < 1.29 is 14.5 Å². The second-order valence-corrected chi connectivity index (χ2v) is 8.70. The minimum absolute atomic E-state index is 0.0122. The van der Waals surface area contributed by atoms with Gasteiger partial charge in [-0.2, -0.15) is 5.01 Å². The van der Waals surface area contributed by atoms with Crippen LogP contribution in [0.25, 0.3) is 6.08 Å². The Balaban J connectivity index is 1.66. The van der Waals surface area contributed by atoms with Crippen molar-refractivity contribution in [2.45, 2.75) is 13.8 Å². The van der Waals surface area contributed by atoms with Gasteiger partial charge in [0.05, 0.1) is 23.0 Å². The largest absolute Gasteiger partial charge is 0.378 e. The van der Waals surface area contributed by atoms with Gasteiger partial charge in [0.25, 0.3) is 11.6 Å². The molecule has 3 heterocycles. The summed E-state index contributed by atoms with van der Waals surface area (Å²) in [5, 5.41) is 13.1. The molecule has 0 radical (unpaired) electrons. The number of amides is 1. The Labute approximate surface area is 183 Å². The lowest BCUT2D eigenvalue weighted by molar-refractivity contribution is -0.384. The average molecular weight is 445 g/mol. The predicted molar refractivity (Wildman–Crippen MR) is 121 cm³/mol. The van der Waals surface area contributed by atoms with E-state index in [1.807, 2.05) is 30.9 Å². The van der Waals surface area contributed by atoms with E-state index in [1.54, 1.807) is 22.9 Å². The number of thiocarbonyl (C=S) groups is 1. The Hall–Kier alpha value is -2.69. The first kappa shape index (κ1) is 20.6. The molecule has 1 aromatic heterocycles. The molecule has 0 unspecified atom stereocenters. The second-order valence-electron chi connectivity index (χ2n) is 7.03. The van der Waals surface area contributed by atoms with Crippen molar-refractivity contribution in [1.82, 2.24) is 4.68 Å². The number of anilines is 1. The Bertz CT molecular complexity index is 1050. The molecule has 2 fully saturated rings. The highest BCUT2D eigenvalue weighted by Crippen LogP contribution is 2.35. The van der Waals surface area contributed by atoms with Gasteiger partial charge in [0.15, 0.2) is 4.32 Å². The van der Waals surface area contributed by atoms with Gasteiger partial charge in [-0.15, -0.1) is 0 Å². The molecule has 0 N–H and O–H groups in total. The van der Waals surface area contributed by atoms with Crippen molar-refractivity contribution in [3.8, 4) is 0 Å². The molecular formula is C20H20N4O4S2. The zero-order valence-corrected chi connectivity index (χ0v) is 18.2. The van der Waals surface area contributed by atoms with Crippen molar-refractivity contribution in [2.75, 3.05) is 36.2 Å². The number of aryl methyl sites for hydroxylation is 2. The maximum absolute atomic E-state index is 13.0.